The van der Waals surface area contributed by atoms with E-state index in [-0.39, 0.29) is 30.5 Å². The molecule has 0 aromatic heterocycles. The Morgan fingerprint density at radius 2 is 1.86 bits per heavy atom. The van der Waals surface area contributed by atoms with Gasteiger partial charge in [-0.15, -0.1) is 0 Å². The maximum Gasteiger partial charge on any atom is 0.253 e. The fourth-order valence-corrected chi connectivity index (χ4v) is 5.47. The number of hydrogen-bond acceptors (Lipinski definition) is 6. The molecule has 9 heteroatoms. The van der Waals surface area contributed by atoms with Crippen LogP contribution in [0.5, 0.6) is 17.2 Å². The van der Waals surface area contributed by atoms with Gasteiger partial charge >= 0.3 is 0 Å². The van der Waals surface area contributed by atoms with E-state index in [0.717, 1.165) is 11.3 Å². The Bertz CT molecular complexity index is 1190. The van der Waals surface area contributed by atoms with Crippen LogP contribution in [0.1, 0.15) is 55.1 Å². The monoisotopic (exact) mass is 533 g/mol. The summed E-state index contributed by atoms with van der Waals surface area (Å²) in [5, 5.41) is 0. The second kappa shape index (κ2) is 10.3. The number of ether oxygens (including phenoxy) is 4. The Morgan fingerprint density at radius 3 is 2.51 bits per heavy atom. The van der Waals surface area contributed by atoms with Gasteiger partial charge in [0.05, 0.1) is 31.7 Å². The molecule has 0 radical (unpaired) electrons. The normalized spacial score (nSPS) is 20.0. The predicted molar refractivity (Wildman–Crippen MR) is 144 cm³/mol. The molecule has 0 aliphatic carbocycles. The molecule has 2 heterocycles. The molecular weight excluding hydrogens is 494 g/mol. The van der Waals surface area contributed by atoms with E-state index in [0.29, 0.717) is 49.4 Å². The Labute approximate surface area is 219 Å². The number of nitrogens with zero attached hydrogens (tertiary/aromatic N) is 1. The van der Waals surface area contributed by atoms with Crippen LogP contribution in [-0.2, 0) is 14.1 Å². The largest absolute Gasteiger partial charge is 0.493 e. The molecule has 2 aromatic carbocycles. The summed E-state index contributed by atoms with van der Waals surface area (Å²) in [6.45, 7) is 5.18. The summed E-state index contributed by atoms with van der Waals surface area (Å²) in [7, 11) is -2.07. The minimum Gasteiger partial charge on any atom is -0.493 e. The molecule has 1 N–H and O–H groups in total. The van der Waals surface area contributed by atoms with Crippen LogP contribution < -0.4 is 14.2 Å². The number of fused-ring (bicyclic) bond motifs is 1. The number of methoxy groups -OCH3 is 1. The minimum absolute atomic E-state index is 0.000311. The number of piperidine rings is 1. The first-order valence-electron chi connectivity index (χ1n) is 12.7. The van der Waals surface area contributed by atoms with Crippen LogP contribution in [0.4, 0.5) is 0 Å². The average Bonchev–Trinajstić information content (AvgIpc) is 2.83. The topological polar surface area (TPSA) is 94.5 Å². The van der Waals surface area contributed by atoms with Crippen molar-refractivity contribution in [2.45, 2.75) is 50.9 Å². The third kappa shape index (κ3) is 6.83. The van der Waals surface area contributed by atoms with Gasteiger partial charge in [-0.2, -0.15) is 9.35 Å². The van der Waals surface area contributed by atoms with E-state index in [1.54, 1.807) is 25.3 Å². The zero-order valence-corrected chi connectivity index (χ0v) is 23.2. The van der Waals surface area contributed by atoms with Gasteiger partial charge < -0.3 is 28.4 Å². The van der Waals surface area contributed by atoms with Crippen molar-refractivity contribution < 1.29 is 32.5 Å². The number of benzene rings is 2. The zero-order chi connectivity index (χ0) is 26.9. The van der Waals surface area contributed by atoms with Crippen LogP contribution in [0.2, 0.25) is 0 Å². The van der Waals surface area contributed by atoms with E-state index in [2.05, 4.69) is 0 Å². The van der Waals surface area contributed by atoms with Gasteiger partial charge in [-0.3, -0.25) is 4.79 Å². The van der Waals surface area contributed by atoms with Gasteiger partial charge in [-0.25, -0.2) is 4.21 Å². The maximum absolute atomic E-state index is 13.3. The highest BCUT2D eigenvalue weighted by Gasteiger charge is 2.44. The lowest BCUT2D eigenvalue weighted by atomic mass is 9.81. The fraction of sp³-hybridized carbons (Fsp3) is 0.536. The molecule has 0 saturated carbocycles. The van der Waals surface area contributed by atoms with Gasteiger partial charge in [-0.05, 0) is 38.1 Å². The van der Waals surface area contributed by atoms with Crippen molar-refractivity contribution in [3.8, 4) is 17.2 Å². The molecule has 1 unspecified atom stereocenters. The molecule has 4 rings (SSSR count). The van der Waals surface area contributed by atoms with Crippen molar-refractivity contribution in [1.82, 2.24) is 4.90 Å². The Hall–Kier alpha value is -2.62. The van der Waals surface area contributed by atoms with Gasteiger partial charge in [0.1, 0.15) is 11.4 Å². The lowest BCUT2D eigenvalue weighted by molar-refractivity contribution is -0.0696. The summed E-state index contributed by atoms with van der Waals surface area (Å²) in [4.78, 5) is 15.2. The summed E-state index contributed by atoms with van der Waals surface area (Å²) >= 11 is 0. The van der Waals surface area contributed by atoms with Crippen molar-refractivity contribution in [1.29, 1.82) is 0 Å². The molecule has 1 amide bonds. The first-order valence-corrected chi connectivity index (χ1v) is 15.6. The summed E-state index contributed by atoms with van der Waals surface area (Å²) in [6.07, 6.45) is 4.46. The third-order valence-electron chi connectivity index (χ3n) is 6.87. The summed E-state index contributed by atoms with van der Waals surface area (Å²) < 4.78 is 46.3. The standard InChI is InChI=1S/C28H39NO7S/c1-20(2)35-24-11-10-21(18-25(24)33-3)27(30)29-14-12-28(13-15-29)19-26(34-16-17-37(4,5,31)32)22-8-6-7-9-23(22)36-28/h6-11,18,20,26H,12-17,19H2,1-5H3,(H,31,32). The first kappa shape index (κ1) is 27.4. The first-order chi connectivity index (χ1) is 17.3. The highest BCUT2D eigenvalue weighted by Crippen LogP contribution is 2.46. The van der Waals surface area contributed by atoms with Gasteiger partial charge in [0.25, 0.3) is 5.91 Å². The zero-order valence-electron chi connectivity index (χ0n) is 22.4. The van der Waals surface area contributed by atoms with Crippen molar-refractivity contribution in [2.75, 3.05) is 45.1 Å². The highest BCUT2D eigenvalue weighted by atomic mass is 32.3. The second-order valence-corrected chi connectivity index (χ2v) is 15.3. The third-order valence-corrected chi connectivity index (χ3v) is 8.20. The smallest absolute Gasteiger partial charge is 0.253 e. The Morgan fingerprint density at radius 1 is 1.16 bits per heavy atom. The summed E-state index contributed by atoms with van der Waals surface area (Å²) in [5.41, 5.74) is 1.05. The molecule has 1 saturated heterocycles. The molecule has 2 aromatic rings. The van der Waals surface area contributed by atoms with E-state index in [1.807, 2.05) is 43.0 Å². The second-order valence-electron chi connectivity index (χ2n) is 10.9. The maximum atomic E-state index is 13.3. The lowest BCUT2D eigenvalue weighted by Crippen LogP contribution is -2.52. The highest BCUT2D eigenvalue weighted by molar-refractivity contribution is 8.13. The van der Waals surface area contributed by atoms with Crippen LogP contribution >= 0.6 is 0 Å². The van der Waals surface area contributed by atoms with Crippen molar-refractivity contribution in [3.05, 3.63) is 53.6 Å². The average molecular weight is 534 g/mol. The molecule has 2 aliphatic rings. The molecule has 1 fully saturated rings. The quantitative estimate of drug-likeness (QED) is 0.532. The van der Waals surface area contributed by atoms with E-state index >= 15 is 0 Å². The SMILES string of the molecule is COc1cc(C(=O)N2CCC3(CC2)CC(OCCS(C)(C)(=O)O)c2ccccc2O3)ccc1OC(C)C. The molecule has 37 heavy (non-hydrogen) atoms. The fourth-order valence-electron chi connectivity index (χ4n) is 4.90. The molecule has 2 aliphatic heterocycles. The van der Waals surface area contributed by atoms with Crippen LogP contribution in [-0.4, -0.2) is 76.3 Å². The summed E-state index contributed by atoms with van der Waals surface area (Å²) in [6, 6.07) is 13.1. The van der Waals surface area contributed by atoms with Crippen molar-refractivity contribution in [2.24, 2.45) is 0 Å². The molecule has 0 bridgehead atoms. The molecular formula is C28H39NO7S. The molecule has 8 nitrogen and oxygen atoms in total. The number of rotatable bonds is 8. The molecule has 1 atom stereocenters. The lowest BCUT2D eigenvalue weighted by Gasteiger charge is -2.47. The Kier molecular flexibility index (Phi) is 7.61. The number of carbonyl (C=O) groups is 1. The van der Waals surface area contributed by atoms with E-state index < -0.39 is 14.9 Å². The van der Waals surface area contributed by atoms with Crippen LogP contribution in [0.25, 0.3) is 0 Å². The molecule has 1 spiro atoms. The number of amides is 1. The predicted octanol–water partition coefficient (Wildman–Crippen LogP) is 4.55. The number of para-hydroxylation sites is 1. The Balaban J connectivity index is 1.45. The summed E-state index contributed by atoms with van der Waals surface area (Å²) in [5.74, 6) is 1.95. The molecule has 204 valence electrons. The van der Waals surface area contributed by atoms with Crippen molar-refractivity contribution >= 4 is 15.3 Å². The minimum atomic E-state index is -3.64. The van der Waals surface area contributed by atoms with Gasteiger partial charge in [-0.1, -0.05) is 18.2 Å². The van der Waals surface area contributed by atoms with E-state index in [9.17, 15) is 13.6 Å². The number of hydrogen-bond donors (Lipinski definition) is 1. The van der Waals surface area contributed by atoms with Crippen LogP contribution in [0.15, 0.2) is 42.5 Å². The van der Waals surface area contributed by atoms with Crippen molar-refractivity contribution in [3.63, 3.8) is 0 Å². The van der Waals surface area contributed by atoms with Gasteiger partial charge in [0.15, 0.2) is 11.5 Å². The van der Waals surface area contributed by atoms with Crippen LogP contribution in [0.3, 0.4) is 0 Å². The van der Waals surface area contributed by atoms with Gasteiger partial charge in [0, 0.05) is 56.0 Å². The number of likely N-dealkylation sites (tertiary alicyclic amines) is 1. The van der Waals surface area contributed by atoms with E-state index in [1.165, 1.54) is 12.5 Å². The number of carbonyl (C=O) groups excluding carboxylic acids is 1. The van der Waals surface area contributed by atoms with E-state index in [4.69, 9.17) is 18.9 Å². The van der Waals surface area contributed by atoms with Gasteiger partial charge in [0.2, 0.25) is 0 Å². The van der Waals surface area contributed by atoms with Crippen LogP contribution in [0, 0.1) is 0 Å².